The number of aromatic nitrogens is 2. The Labute approximate surface area is 100 Å². The number of nitrogens with one attached hydrogen (secondary N) is 2. The van der Waals surface area contributed by atoms with Gasteiger partial charge in [-0.2, -0.15) is 5.10 Å². The zero-order valence-electron chi connectivity index (χ0n) is 10.0. The Kier molecular flexibility index (Phi) is 3.42. The summed E-state index contributed by atoms with van der Waals surface area (Å²) in [5, 5.41) is 10.3. The van der Waals surface area contributed by atoms with E-state index in [-0.39, 0.29) is 5.82 Å². The van der Waals surface area contributed by atoms with Crippen molar-refractivity contribution in [2.45, 2.75) is 20.3 Å². The molecule has 3 nitrogen and oxygen atoms in total. The molecule has 1 aromatic carbocycles. The molecule has 4 heteroatoms. The Balaban J connectivity index is 2.44. The fraction of sp³-hybridized carbons (Fsp3) is 0.308. The lowest BCUT2D eigenvalue weighted by Crippen LogP contribution is -2.01. The summed E-state index contributed by atoms with van der Waals surface area (Å²) in [7, 11) is 0. The van der Waals surface area contributed by atoms with Gasteiger partial charge in [-0.15, -0.1) is 0 Å². The van der Waals surface area contributed by atoms with Crippen LogP contribution in [0.25, 0.3) is 11.1 Å². The van der Waals surface area contributed by atoms with Crippen molar-refractivity contribution in [3.8, 4) is 11.1 Å². The zero-order chi connectivity index (χ0) is 12.3. The van der Waals surface area contributed by atoms with Crippen molar-refractivity contribution in [3.05, 3.63) is 35.8 Å². The van der Waals surface area contributed by atoms with E-state index < -0.39 is 0 Å². The maximum absolute atomic E-state index is 13.8. The van der Waals surface area contributed by atoms with E-state index in [4.69, 9.17) is 0 Å². The van der Waals surface area contributed by atoms with Gasteiger partial charge < -0.3 is 5.32 Å². The minimum absolute atomic E-state index is 0.225. The van der Waals surface area contributed by atoms with Gasteiger partial charge in [0, 0.05) is 23.4 Å². The van der Waals surface area contributed by atoms with Crippen LogP contribution in [0.15, 0.2) is 24.3 Å². The molecule has 0 aliphatic carbocycles. The number of benzene rings is 1. The molecule has 0 atom stereocenters. The van der Waals surface area contributed by atoms with E-state index in [1.54, 1.807) is 12.1 Å². The second-order valence-corrected chi connectivity index (χ2v) is 3.98. The molecule has 0 saturated carbocycles. The zero-order valence-corrected chi connectivity index (χ0v) is 10.0. The number of nitrogens with zero attached hydrogens (tertiary/aromatic N) is 1. The van der Waals surface area contributed by atoms with E-state index in [2.05, 4.69) is 22.4 Å². The molecule has 90 valence electrons. The number of anilines is 1. The van der Waals surface area contributed by atoms with Gasteiger partial charge in [0.25, 0.3) is 0 Å². The van der Waals surface area contributed by atoms with Crippen molar-refractivity contribution in [3.63, 3.8) is 0 Å². The summed E-state index contributed by atoms with van der Waals surface area (Å²) in [6, 6.07) is 6.75. The molecule has 1 heterocycles. The fourth-order valence-corrected chi connectivity index (χ4v) is 1.79. The monoisotopic (exact) mass is 233 g/mol. The first-order chi connectivity index (χ1) is 8.24. The van der Waals surface area contributed by atoms with Gasteiger partial charge in [0.15, 0.2) is 5.82 Å². The smallest absolute Gasteiger partial charge is 0.156 e. The first-order valence-electron chi connectivity index (χ1n) is 5.77. The Morgan fingerprint density at radius 3 is 2.82 bits per heavy atom. The van der Waals surface area contributed by atoms with Crippen LogP contribution in [0.1, 0.15) is 19.0 Å². The average molecular weight is 233 g/mol. The van der Waals surface area contributed by atoms with Crippen molar-refractivity contribution in [1.82, 2.24) is 10.2 Å². The molecule has 0 radical (unpaired) electrons. The molecule has 0 aliphatic rings. The van der Waals surface area contributed by atoms with Gasteiger partial charge in [-0.25, -0.2) is 4.39 Å². The molecule has 0 spiro atoms. The Morgan fingerprint density at radius 2 is 2.12 bits per heavy atom. The molecular formula is C13H16FN3. The summed E-state index contributed by atoms with van der Waals surface area (Å²) in [6.07, 6.45) is 1.00. The topological polar surface area (TPSA) is 40.7 Å². The predicted octanol–water partition coefficient (Wildman–Crippen LogP) is 3.35. The lowest BCUT2D eigenvalue weighted by molar-refractivity contribution is 0.631. The van der Waals surface area contributed by atoms with Crippen molar-refractivity contribution in [2.75, 3.05) is 11.9 Å². The van der Waals surface area contributed by atoms with Gasteiger partial charge in [0.2, 0.25) is 0 Å². The van der Waals surface area contributed by atoms with Gasteiger partial charge in [0.1, 0.15) is 5.82 Å². The third kappa shape index (κ3) is 2.30. The third-order valence-electron chi connectivity index (χ3n) is 2.63. The summed E-state index contributed by atoms with van der Waals surface area (Å²) >= 11 is 0. The van der Waals surface area contributed by atoms with Crippen LogP contribution in [0.2, 0.25) is 0 Å². The number of H-pyrrole nitrogens is 1. The molecule has 0 aliphatic heterocycles. The maximum atomic E-state index is 13.8. The molecule has 0 unspecified atom stereocenters. The lowest BCUT2D eigenvalue weighted by atomic mass is 10.1. The number of halogens is 1. The first-order valence-corrected chi connectivity index (χ1v) is 5.77. The predicted molar refractivity (Wildman–Crippen MR) is 67.5 cm³/mol. The van der Waals surface area contributed by atoms with Gasteiger partial charge in [-0.3, -0.25) is 5.10 Å². The van der Waals surface area contributed by atoms with Crippen LogP contribution in [-0.4, -0.2) is 16.7 Å². The highest BCUT2D eigenvalue weighted by Crippen LogP contribution is 2.31. The molecule has 1 aromatic heterocycles. The standard InChI is InChI=1S/C13H16FN3/c1-3-8-15-13-12(9(2)16-17-13)10-6-4-5-7-11(10)14/h4-7H,3,8H2,1-2H3,(H2,15,16,17). The summed E-state index contributed by atoms with van der Waals surface area (Å²) in [5.41, 5.74) is 2.27. The van der Waals surface area contributed by atoms with Crippen LogP contribution in [0.3, 0.4) is 0 Å². The van der Waals surface area contributed by atoms with Crippen LogP contribution < -0.4 is 5.32 Å². The quantitative estimate of drug-likeness (QED) is 0.850. The van der Waals surface area contributed by atoms with Gasteiger partial charge in [-0.1, -0.05) is 25.1 Å². The van der Waals surface area contributed by atoms with E-state index >= 15 is 0 Å². The lowest BCUT2D eigenvalue weighted by Gasteiger charge is -2.06. The molecule has 0 fully saturated rings. The minimum atomic E-state index is -0.225. The average Bonchev–Trinajstić information content (AvgIpc) is 2.69. The molecule has 0 amide bonds. The van der Waals surface area contributed by atoms with Crippen LogP contribution in [-0.2, 0) is 0 Å². The Morgan fingerprint density at radius 1 is 1.35 bits per heavy atom. The first kappa shape index (κ1) is 11.6. The summed E-state index contributed by atoms with van der Waals surface area (Å²) in [4.78, 5) is 0. The summed E-state index contributed by atoms with van der Waals surface area (Å²) in [6.45, 7) is 4.80. The molecule has 2 N–H and O–H groups in total. The van der Waals surface area contributed by atoms with Crippen LogP contribution in [0.5, 0.6) is 0 Å². The van der Waals surface area contributed by atoms with Crippen LogP contribution in [0, 0.1) is 12.7 Å². The number of aromatic amines is 1. The largest absolute Gasteiger partial charge is 0.368 e. The number of aryl methyl sites for hydroxylation is 1. The van der Waals surface area contributed by atoms with Crippen molar-refractivity contribution in [1.29, 1.82) is 0 Å². The maximum Gasteiger partial charge on any atom is 0.156 e. The molecule has 0 saturated heterocycles. The van der Waals surface area contributed by atoms with Gasteiger partial charge in [0.05, 0.1) is 0 Å². The Bertz CT molecular complexity index is 505. The number of hydrogen-bond donors (Lipinski definition) is 2. The van der Waals surface area contributed by atoms with E-state index in [1.807, 2.05) is 13.0 Å². The number of rotatable bonds is 4. The highest BCUT2D eigenvalue weighted by molar-refractivity contribution is 5.77. The van der Waals surface area contributed by atoms with E-state index in [0.29, 0.717) is 5.56 Å². The van der Waals surface area contributed by atoms with Gasteiger partial charge >= 0.3 is 0 Å². The Hall–Kier alpha value is -1.84. The van der Waals surface area contributed by atoms with Gasteiger partial charge in [-0.05, 0) is 19.4 Å². The SMILES string of the molecule is CCCNc1n[nH]c(C)c1-c1ccccc1F. The summed E-state index contributed by atoms with van der Waals surface area (Å²) < 4.78 is 13.8. The molecule has 2 aromatic rings. The van der Waals surface area contributed by atoms with E-state index in [0.717, 1.165) is 30.0 Å². The molecule has 2 rings (SSSR count). The van der Waals surface area contributed by atoms with Crippen molar-refractivity contribution >= 4 is 5.82 Å². The normalized spacial score (nSPS) is 10.5. The molecular weight excluding hydrogens is 217 g/mol. The minimum Gasteiger partial charge on any atom is -0.368 e. The summed E-state index contributed by atoms with van der Waals surface area (Å²) in [5.74, 6) is 0.492. The third-order valence-corrected chi connectivity index (χ3v) is 2.63. The van der Waals surface area contributed by atoms with Crippen molar-refractivity contribution < 1.29 is 4.39 Å². The second-order valence-electron chi connectivity index (χ2n) is 3.98. The van der Waals surface area contributed by atoms with Crippen LogP contribution >= 0.6 is 0 Å². The molecule has 0 bridgehead atoms. The van der Waals surface area contributed by atoms with E-state index in [9.17, 15) is 4.39 Å². The highest BCUT2D eigenvalue weighted by Gasteiger charge is 2.14. The highest BCUT2D eigenvalue weighted by atomic mass is 19.1. The van der Waals surface area contributed by atoms with Crippen LogP contribution in [0.4, 0.5) is 10.2 Å². The van der Waals surface area contributed by atoms with E-state index in [1.165, 1.54) is 6.07 Å². The second kappa shape index (κ2) is 4.99. The fourth-order valence-electron chi connectivity index (χ4n) is 1.79. The molecule has 17 heavy (non-hydrogen) atoms. The van der Waals surface area contributed by atoms with Crippen molar-refractivity contribution in [2.24, 2.45) is 0 Å². The number of hydrogen-bond acceptors (Lipinski definition) is 2.